The van der Waals surface area contributed by atoms with E-state index in [-0.39, 0.29) is 29.9 Å². The van der Waals surface area contributed by atoms with Crippen molar-refractivity contribution < 1.29 is 14.4 Å². The SMILES string of the molecule is C=C(C)C(=O)NCCCNC(=O)CCCC(C)[C@@H]1SC[C@@H]2NC(=O)N[C@@H]21. The number of fused-ring (bicyclic) bond motifs is 1. The van der Waals surface area contributed by atoms with Crippen LogP contribution in [0, 0.1) is 5.92 Å². The molecular weight excluding hydrogens is 352 g/mol. The van der Waals surface area contributed by atoms with Gasteiger partial charge in [0.25, 0.3) is 0 Å². The summed E-state index contributed by atoms with van der Waals surface area (Å²) in [5, 5.41) is 12.0. The number of urea groups is 1. The molecule has 7 nitrogen and oxygen atoms in total. The Morgan fingerprint density at radius 3 is 2.73 bits per heavy atom. The molecule has 4 amide bonds. The predicted octanol–water partition coefficient (Wildman–Crippen LogP) is 1.16. The number of thioether (sulfide) groups is 1. The summed E-state index contributed by atoms with van der Waals surface area (Å²) in [6.07, 6.45) is 3.03. The molecule has 146 valence electrons. The first-order chi connectivity index (χ1) is 12.4. The van der Waals surface area contributed by atoms with Crippen molar-refractivity contribution in [1.82, 2.24) is 21.3 Å². The lowest BCUT2D eigenvalue weighted by atomic mass is 9.93. The van der Waals surface area contributed by atoms with E-state index < -0.39 is 0 Å². The number of nitrogens with one attached hydrogen (secondary N) is 4. The van der Waals surface area contributed by atoms with Gasteiger partial charge in [0.2, 0.25) is 11.8 Å². The second-order valence-electron chi connectivity index (χ2n) is 7.16. The molecule has 0 bridgehead atoms. The number of amides is 4. The molecule has 4 atom stereocenters. The van der Waals surface area contributed by atoms with Gasteiger partial charge in [-0.05, 0) is 32.1 Å². The van der Waals surface area contributed by atoms with Crippen molar-refractivity contribution in [3.63, 3.8) is 0 Å². The van der Waals surface area contributed by atoms with E-state index in [1.54, 1.807) is 6.92 Å². The highest BCUT2D eigenvalue weighted by atomic mass is 32.2. The van der Waals surface area contributed by atoms with Crippen molar-refractivity contribution in [2.45, 2.75) is 56.9 Å². The van der Waals surface area contributed by atoms with E-state index in [1.807, 2.05) is 11.8 Å². The molecule has 26 heavy (non-hydrogen) atoms. The van der Waals surface area contributed by atoms with E-state index in [9.17, 15) is 14.4 Å². The van der Waals surface area contributed by atoms with Crippen LogP contribution in [0.4, 0.5) is 4.79 Å². The summed E-state index contributed by atoms with van der Waals surface area (Å²) < 4.78 is 0. The Bertz CT molecular complexity index is 555. The summed E-state index contributed by atoms with van der Waals surface area (Å²) in [6, 6.07) is 0.399. The molecule has 1 unspecified atom stereocenters. The molecule has 0 spiro atoms. The predicted molar refractivity (Wildman–Crippen MR) is 104 cm³/mol. The van der Waals surface area contributed by atoms with Crippen LogP contribution in [0.25, 0.3) is 0 Å². The van der Waals surface area contributed by atoms with Crippen molar-refractivity contribution in [3.05, 3.63) is 12.2 Å². The molecule has 8 heteroatoms. The Balaban J connectivity index is 1.53. The third-order valence-electron chi connectivity index (χ3n) is 4.84. The molecule has 0 aromatic rings. The Morgan fingerprint density at radius 2 is 2.00 bits per heavy atom. The Kier molecular flexibility index (Phi) is 7.81. The number of carbonyl (C=O) groups is 3. The van der Waals surface area contributed by atoms with Crippen LogP contribution in [0.2, 0.25) is 0 Å². The third kappa shape index (κ3) is 5.93. The molecule has 0 aromatic heterocycles. The largest absolute Gasteiger partial charge is 0.356 e. The molecule has 2 rings (SSSR count). The molecular formula is C18H30N4O3S. The Morgan fingerprint density at radius 1 is 1.27 bits per heavy atom. The fourth-order valence-electron chi connectivity index (χ4n) is 3.35. The quantitative estimate of drug-likeness (QED) is 0.259. The monoisotopic (exact) mass is 382 g/mol. The normalized spacial score (nSPS) is 25.0. The summed E-state index contributed by atoms with van der Waals surface area (Å²) in [5.74, 6) is 1.32. The van der Waals surface area contributed by atoms with Gasteiger partial charge in [0.15, 0.2) is 0 Å². The van der Waals surface area contributed by atoms with Crippen LogP contribution in [0.3, 0.4) is 0 Å². The number of hydrogen-bond donors (Lipinski definition) is 4. The zero-order chi connectivity index (χ0) is 19.1. The summed E-state index contributed by atoms with van der Waals surface area (Å²) in [5.41, 5.74) is 0.489. The molecule has 4 N–H and O–H groups in total. The lowest BCUT2D eigenvalue weighted by Crippen LogP contribution is -2.39. The molecule has 2 aliphatic heterocycles. The molecule has 0 saturated carbocycles. The average molecular weight is 383 g/mol. The van der Waals surface area contributed by atoms with E-state index in [1.165, 1.54) is 0 Å². The van der Waals surface area contributed by atoms with Crippen LogP contribution in [0.1, 0.15) is 39.5 Å². The average Bonchev–Trinajstić information content (AvgIpc) is 3.12. The zero-order valence-corrected chi connectivity index (χ0v) is 16.4. The van der Waals surface area contributed by atoms with Gasteiger partial charge in [0.1, 0.15) is 0 Å². The van der Waals surface area contributed by atoms with Crippen molar-refractivity contribution in [2.24, 2.45) is 5.92 Å². The van der Waals surface area contributed by atoms with Crippen molar-refractivity contribution in [3.8, 4) is 0 Å². The van der Waals surface area contributed by atoms with Crippen molar-refractivity contribution in [2.75, 3.05) is 18.8 Å². The molecule has 2 heterocycles. The van der Waals surface area contributed by atoms with Crippen LogP contribution in [-0.4, -0.2) is 54.0 Å². The summed E-state index contributed by atoms with van der Waals surface area (Å²) in [6.45, 7) is 8.53. The highest BCUT2D eigenvalue weighted by Crippen LogP contribution is 2.36. The number of carbonyl (C=O) groups excluding carboxylic acids is 3. The number of hydrogen-bond acceptors (Lipinski definition) is 4. The van der Waals surface area contributed by atoms with Gasteiger partial charge >= 0.3 is 6.03 Å². The first-order valence-corrected chi connectivity index (χ1v) is 10.3. The minimum atomic E-state index is -0.147. The highest BCUT2D eigenvalue weighted by Gasteiger charge is 2.44. The van der Waals surface area contributed by atoms with Gasteiger partial charge in [-0.1, -0.05) is 13.5 Å². The smallest absolute Gasteiger partial charge is 0.315 e. The van der Waals surface area contributed by atoms with Crippen molar-refractivity contribution in [1.29, 1.82) is 0 Å². The van der Waals surface area contributed by atoms with Gasteiger partial charge in [0, 0.05) is 36.1 Å². The van der Waals surface area contributed by atoms with Crippen LogP contribution in [0.5, 0.6) is 0 Å². The van der Waals surface area contributed by atoms with Gasteiger partial charge in [-0.2, -0.15) is 11.8 Å². The van der Waals surface area contributed by atoms with Crippen LogP contribution >= 0.6 is 11.8 Å². The Hall–Kier alpha value is -1.70. The standard InChI is InChI=1S/C18H30N4O3S/c1-11(2)17(24)20-9-5-8-19-14(23)7-4-6-12(3)16-15-13(10-26-16)21-18(25)22-15/h12-13,15-16H,1,4-10H2,2-3H3,(H,19,23)(H,20,24)(H2,21,22,25)/t12?,13-,15-,16-/m0/s1. The Labute approximate surface area is 159 Å². The van der Waals surface area contributed by atoms with E-state index >= 15 is 0 Å². The van der Waals surface area contributed by atoms with Gasteiger partial charge in [-0.3, -0.25) is 9.59 Å². The number of rotatable bonds is 10. The second-order valence-corrected chi connectivity index (χ2v) is 8.37. The maximum Gasteiger partial charge on any atom is 0.315 e. The highest BCUT2D eigenvalue weighted by molar-refractivity contribution is 8.00. The second kappa shape index (κ2) is 9.85. The minimum absolute atomic E-state index is 0.0521. The maximum atomic E-state index is 11.9. The molecule has 0 aromatic carbocycles. The van der Waals surface area contributed by atoms with Gasteiger partial charge in [-0.25, -0.2) is 4.79 Å². The van der Waals surface area contributed by atoms with E-state index in [0.717, 1.165) is 18.6 Å². The third-order valence-corrected chi connectivity index (χ3v) is 6.54. The fourth-order valence-corrected chi connectivity index (χ4v) is 5.00. The van der Waals surface area contributed by atoms with Gasteiger partial charge in [0.05, 0.1) is 12.1 Å². The van der Waals surface area contributed by atoms with E-state index in [0.29, 0.717) is 42.7 Å². The van der Waals surface area contributed by atoms with Crippen LogP contribution in [0.15, 0.2) is 12.2 Å². The summed E-state index contributed by atoms with van der Waals surface area (Å²) in [4.78, 5) is 34.6. The maximum absolute atomic E-state index is 11.9. The zero-order valence-electron chi connectivity index (χ0n) is 15.6. The molecule has 0 radical (unpaired) electrons. The lowest BCUT2D eigenvalue weighted by molar-refractivity contribution is -0.121. The van der Waals surface area contributed by atoms with E-state index in [4.69, 9.17) is 0 Å². The molecule has 2 aliphatic rings. The molecule has 2 fully saturated rings. The van der Waals surface area contributed by atoms with Crippen LogP contribution in [-0.2, 0) is 9.59 Å². The van der Waals surface area contributed by atoms with Crippen molar-refractivity contribution >= 4 is 29.6 Å². The fraction of sp³-hybridized carbons (Fsp3) is 0.722. The first kappa shape index (κ1) is 20.6. The topological polar surface area (TPSA) is 99.3 Å². The van der Waals surface area contributed by atoms with Gasteiger partial charge in [-0.15, -0.1) is 0 Å². The summed E-state index contributed by atoms with van der Waals surface area (Å²) >= 11 is 1.91. The lowest BCUT2D eigenvalue weighted by Gasteiger charge is -2.23. The van der Waals surface area contributed by atoms with Crippen LogP contribution < -0.4 is 21.3 Å². The first-order valence-electron chi connectivity index (χ1n) is 9.27. The molecule has 0 aliphatic carbocycles. The summed E-state index contributed by atoms with van der Waals surface area (Å²) in [7, 11) is 0. The van der Waals surface area contributed by atoms with Gasteiger partial charge < -0.3 is 21.3 Å². The minimum Gasteiger partial charge on any atom is -0.356 e. The van der Waals surface area contributed by atoms with E-state index in [2.05, 4.69) is 34.8 Å². The molecule has 2 saturated heterocycles.